The Morgan fingerprint density at radius 2 is 1.59 bits per heavy atom. The predicted molar refractivity (Wildman–Crippen MR) is 114 cm³/mol. The van der Waals surface area contributed by atoms with Crippen LogP contribution >= 0.6 is 0 Å². The quantitative estimate of drug-likeness (QED) is 0.860. The highest BCUT2D eigenvalue weighted by Crippen LogP contribution is 2.28. The van der Waals surface area contributed by atoms with Crippen molar-refractivity contribution in [2.45, 2.75) is 39.7 Å². The summed E-state index contributed by atoms with van der Waals surface area (Å²) in [5.41, 5.74) is 4.56. The minimum atomic E-state index is -0.137. The van der Waals surface area contributed by atoms with E-state index in [4.69, 9.17) is 0 Å². The molecule has 3 rings (SSSR count). The van der Waals surface area contributed by atoms with Crippen LogP contribution in [0.3, 0.4) is 0 Å². The van der Waals surface area contributed by atoms with Gasteiger partial charge in [0, 0.05) is 37.6 Å². The van der Waals surface area contributed by atoms with Gasteiger partial charge in [0.15, 0.2) is 0 Å². The van der Waals surface area contributed by atoms with Gasteiger partial charge < -0.3 is 10.2 Å². The van der Waals surface area contributed by atoms with E-state index in [0.29, 0.717) is 5.92 Å². The van der Waals surface area contributed by atoms with Gasteiger partial charge in [-0.15, -0.1) is 0 Å². The molecule has 1 aliphatic heterocycles. The van der Waals surface area contributed by atoms with Crippen molar-refractivity contribution in [3.8, 4) is 0 Å². The molecule has 0 aromatic heterocycles. The minimum absolute atomic E-state index is 0.0827. The van der Waals surface area contributed by atoms with E-state index in [1.165, 1.54) is 11.3 Å². The Bertz CT molecular complexity index is 764. The van der Waals surface area contributed by atoms with Gasteiger partial charge in [-0.25, -0.2) is 0 Å². The Hall–Kier alpha value is -2.33. The lowest BCUT2D eigenvalue weighted by Gasteiger charge is -2.38. The van der Waals surface area contributed by atoms with Gasteiger partial charge in [0.05, 0.1) is 6.04 Å². The molecular formula is C23H31N3O. The van der Waals surface area contributed by atoms with Gasteiger partial charge in [0.2, 0.25) is 5.91 Å². The number of para-hydroxylation sites is 2. The molecule has 1 fully saturated rings. The van der Waals surface area contributed by atoms with Crippen molar-refractivity contribution in [3.05, 3.63) is 59.7 Å². The molecule has 1 atom stereocenters. The van der Waals surface area contributed by atoms with Gasteiger partial charge >= 0.3 is 0 Å². The molecule has 0 unspecified atom stereocenters. The van der Waals surface area contributed by atoms with Crippen molar-refractivity contribution in [3.63, 3.8) is 0 Å². The summed E-state index contributed by atoms with van der Waals surface area (Å²) in [5.74, 6) is 0.462. The van der Waals surface area contributed by atoms with Crippen LogP contribution in [-0.4, -0.2) is 43.0 Å². The molecule has 0 spiro atoms. The summed E-state index contributed by atoms with van der Waals surface area (Å²) in [6.45, 7) is 12.1. The summed E-state index contributed by atoms with van der Waals surface area (Å²) in [4.78, 5) is 17.6. The first-order valence-corrected chi connectivity index (χ1v) is 9.91. The molecule has 1 saturated heterocycles. The van der Waals surface area contributed by atoms with E-state index in [9.17, 15) is 4.79 Å². The van der Waals surface area contributed by atoms with E-state index >= 15 is 0 Å². The third-order valence-electron chi connectivity index (χ3n) is 5.54. The van der Waals surface area contributed by atoms with E-state index in [1.807, 2.05) is 13.0 Å². The lowest BCUT2D eigenvalue weighted by atomic mass is 9.98. The van der Waals surface area contributed by atoms with Crippen LogP contribution in [-0.2, 0) is 4.79 Å². The van der Waals surface area contributed by atoms with Gasteiger partial charge in [0.25, 0.3) is 0 Å². The molecule has 144 valence electrons. The smallest absolute Gasteiger partial charge is 0.241 e. The maximum absolute atomic E-state index is 12.9. The molecule has 4 heteroatoms. The Morgan fingerprint density at radius 1 is 0.926 bits per heavy atom. The van der Waals surface area contributed by atoms with Crippen molar-refractivity contribution in [1.82, 2.24) is 4.90 Å². The van der Waals surface area contributed by atoms with Crippen LogP contribution < -0.4 is 10.2 Å². The fraction of sp³-hybridized carbons (Fsp3) is 0.435. The van der Waals surface area contributed by atoms with Gasteiger partial charge in [-0.1, -0.05) is 50.2 Å². The van der Waals surface area contributed by atoms with E-state index < -0.39 is 0 Å². The number of hydrogen-bond donors (Lipinski definition) is 1. The van der Waals surface area contributed by atoms with Crippen LogP contribution in [0, 0.1) is 6.92 Å². The highest BCUT2D eigenvalue weighted by Gasteiger charge is 2.26. The molecule has 1 heterocycles. The van der Waals surface area contributed by atoms with Gasteiger partial charge in [-0.3, -0.25) is 9.69 Å². The maximum atomic E-state index is 12.9. The van der Waals surface area contributed by atoms with Crippen molar-refractivity contribution in [2.75, 3.05) is 36.4 Å². The second-order valence-corrected chi connectivity index (χ2v) is 7.72. The van der Waals surface area contributed by atoms with Crippen LogP contribution in [0.25, 0.3) is 0 Å². The summed E-state index contributed by atoms with van der Waals surface area (Å²) in [7, 11) is 0. The summed E-state index contributed by atoms with van der Waals surface area (Å²) in [5, 5.41) is 3.21. The van der Waals surface area contributed by atoms with Crippen LogP contribution in [0.5, 0.6) is 0 Å². The summed E-state index contributed by atoms with van der Waals surface area (Å²) >= 11 is 0. The molecule has 0 aliphatic carbocycles. The van der Waals surface area contributed by atoms with Crippen LogP contribution in [0.15, 0.2) is 48.5 Å². The molecule has 4 nitrogen and oxygen atoms in total. The SMILES string of the molecule is Cc1cccc(C(C)C)c1NC(=O)[C@H](C)N1CCN(c2ccccc2)CC1. The molecule has 2 aromatic carbocycles. The number of rotatable bonds is 5. The number of benzene rings is 2. The second kappa shape index (κ2) is 8.57. The summed E-state index contributed by atoms with van der Waals surface area (Å²) in [6.07, 6.45) is 0. The van der Waals surface area contributed by atoms with E-state index in [2.05, 4.69) is 78.4 Å². The third-order valence-corrected chi connectivity index (χ3v) is 5.54. The van der Waals surface area contributed by atoms with E-state index in [1.54, 1.807) is 0 Å². The number of piperazine rings is 1. The highest BCUT2D eigenvalue weighted by atomic mass is 16.2. The Kier molecular flexibility index (Phi) is 6.17. The standard InChI is InChI=1S/C23H31N3O/c1-17(2)21-12-8-9-18(3)22(21)24-23(27)19(4)25-13-15-26(16-14-25)20-10-6-5-7-11-20/h5-12,17,19H,13-16H2,1-4H3,(H,24,27)/t19-/m0/s1. The van der Waals surface area contributed by atoms with Crippen molar-refractivity contribution < 1.29 is 4.79 Å². The zero-order valence-electron chi connectivity index (χ0n) is 16.9. The molecular weight excluding hydrogens is 334 g/mol. The fourth-order valence-electron chi connectivity index (χ4n) is 3.74. The third kappa shape index (κ3) is 4.51. The Balaban J connectivity index is 1.62. The minimum Gasteiger partial charge on any atom is -0.369 e. The van der Waals surface area contributed by atoms with Crippen LogP contribution in [0.2, 0.25) is 0 Å². The number of carbonyl (C=O) groups excluding carboxylic acids is 1. The molecule has 0 bridgehead atoms. The highest BCUT2D eigenvalue weighted by molar-refractivity contribution is 5.96. The summed E-state index contributed by atoms with van der Waals surface area (Å²) in [6, 6.07) is 16.6. The second-order valence-electron chi connectivity index (χ2n) is 7.72. The average molecular weight is 366 g/mol. The maximum Gasteiger partial charge on any atom is 0.241 e. The van der Waals surface area contributed by atoms with E-state index in [-0.39, 0.29) is 11.9 Å². The molecule has 1 amide bonds. The Morgan fingerprint density at radius 3 is 2.22 bits per heavy atom. The lowest BCUT2D eigenvalue weighted by molar-refractivity contribution is -0.120. The predicted octanol–water partition coefficient (Wildman–Crippen LogP) is 4.27. The topological polar surface area (TPSA) is 35.6 Å². The first-order chi connectivity index (χ1) is 13.0. The zero-order valence-corrected chi connectivity index (χ0v) is 16.9. The molecule has 2 aromatic rings. The number of hydrogen-bond acceptors (Lipinski definition) is 3. The monoisotopic (exact) mass is 365 g/mol. The molecule has 1 aliphatic rings. The number of nitrogens with one attached hydrogen (secondary N) is 1. The van der Waals surface area contributed by atoms with Gasteiger partial charge in [0.1, 0.15) is 0 Å². The largest absolute Gasteiger partial charge is 0.369 e. The summed E-state index contributed by atoms with van der Waals surface area (Å²) < 4.78 is 0. The number of aryl methyl sites for hydroxylation is 1. The lowest BCUT2D eigenvalue weighted by Crippen LogP contribution is -2.52. The van der Waals surface area contributed by atoms with Crippen molar-refractivity contribution in [1.29, 1.82) is 0 Å². The average Bonchev–Trinajstić information content (AvgIpc) is 2.69. The first-order valence-electron chi connectivity index (χ1n) is 9.91. The number of carbonyl (C=O) groups is 1. The zero-order chi connectivity index (χ0) is 19.4. The van der Waals surface area contributed by atoms with Gasteiger partial charge in [-0.2, -0.15) is 0 Å². The molecule has 27 heavy (non-hydrogen) atoms. The van der Waals surface area contributed by atoms with Crippen molar-refractivity contribution in [2.24, 2.45) is 0 Å². The van der Waals surface area contributed by atoms with Crippen LogP contribution in [0.4, 0.5) is 11.4 Å². The molecule has 0 saturated carbocycles. The van der Waals surface area contributed by atoms with Crippen molar-refractivity contribution >= 4 is 17.3 Å². The number of anilines is 2. The normalized spacial score (nSPS) is 16.4. The number of nitrogens with zero attached hydrogens (tertiary/aromatic N) is 2. The van der Waals surface area contributed by atoms with Crippen LogP contribution in [0.1, 0.15) is 37.8 Å². The Labute approximate surface area is 163 Å². The molecule has 1 N–H and O–H groups in total. The van der Waals surface area contributed by atoms with E-state index in [0.717, 1.165) is 37.4 Å². The number of amides is 1. The fourth-order valence-corrected chi connectivity index (χ4v) is 3.74. The van der Waals surface area contributed by atoms with Gasteiger partial charge in [-0.05, 0) is 43.0 Å². The first kappa shape index (κ1) is 19.4. The molecule has 0 radical (unpaired) electrons.